The lowest BCUT2D eigenvalue weighted by Crippen LogP contribution is -2.16. The Balaban J connectivity index is 1.47. The number of carboxylic acids is 1. The van der Waals surface area contributed by atoms with Crippen LogP contribution in [0.15, 0.2) is 97.6 Å². The van der Waals surface area contributed by atoms with Crippen LogP contribution < -0.4 is 9.47 Å². The van der Waals surface area contributed by atoms with Gasteiger partial charge in [-0.25, -0.2) is 9.78 Å². The number of imidazole rings is 1. The van der Waals surface area contributed by atoms with Gasteiger partial charge in [0.15, 0.2) is 0 Å². The summed E-state index contributed by atoms with van der Waals surface area (Å²) in [5, 5.41) is 9.60. The van der Waals surface area contributed by atoms with Gasteiger partial charge in [0.05, 0.1) is 18.5 Å². The molecular weight excluding hydrogens is 392 g/mol. The number of benzene rings is 3. The fourth-order valence-corrected chi connectivity index (χ4v) is 3.32. The number of hydrogen-bond donors (Lipinski definition) is 1. The lowest BCUT2D eigenvalue weighted by Gasteiger charge is -2.21. The number of hydrogen-bond acceptors (Lipinski definition) is 4. The summed E-state index contributed by atoms with van der Waals surface area (Å²) >= 11 is 0. The first-order valence-corrected chi connectivity index (χ1v) is 9.96. The predicted octanol–water partition coefficient (Wildman–Crippen LogP) is 5.16. The maximum absolute atomic E-state index is 11.7. The Morgan fingerprint density at radius 2 is 1.68 bits per heavy atom. The van der Waals surface area contributed by atoms with Crippen molar-refractivity contribution in [1.29, 1.82) is 0 Å². The van der Waals surface area contributed by atoms with E-state index in [0.29, 0.717) is 24.3 Å². The molecule has 0 aliphatic rings. The van der Waals surface area contributed by atoms with Crippen molar-refractivity contribution in [2.75, 3.05) is 6.61 Å². The van der Waals surface area contributed by atoms with Crippen LogP contribution in [0.5, 0.6) is 11.5 Å². The Hall–Kier alpha value is -4.06. The summed E-state index contributed by atoms with van der Waals surface area (Å²) in [4.78, 5) is 15.8. The first kappa shape index (κ1) is 20.2. The molecule has 0 aliphatic carbocycles. The maximum Gasteiger partial charge on any atom is 0.336 e. The molecule has 31 heavy (non-hydrogen) atoms. The van der Waals surface area contributed by atoms with E-state index in [1.807, 2.05) is 71.4 Å². The Labute approximate surface area is 180 Å². The van der Waals surface area contributed by atoms with Gasteiger partial charge in [0.2, 0.25) is 0 Å². The predicted molar refractivity (Wildman–Crippen MR) is 117 cm³/mol. The van der Waals surface area contributed by atoms with E-state index >= 15 is 0 Å². The quantitative estimate of drug-likeness (QED) is 0.410. The second-order valence-corrected chi connectivity index (χ2v) is 6.91. The highest BCUT2D eigenvalue weighted by molar-refractivity contribution is 5.89. The molecule has 0 spiro atoms. The van der Waals surface area contributed by atoms with Crippen molar-refractivity contribution < 1.29 is 19.4 Å². The van der Waals surface area contributed by atoms with Crippen molar-refractivity contribution in [2.45, 2.75) is 12.5 Å². The normalized spacial score (nSPS) is 11.6. The van der Waals surface area contributed by atoms with E-state index < -0.39 is 12.1 Å². The van der Waals surface area contributed by atoms with Crippen LogP contribution in [0.1, 0.15) is 28.4 Å². The summed E-state index contributed by atoms with van der Waals surface area (Å²) in [6.07, 6.45) is 5.37. The van der Waals surface area contributed by atoms with E-state index in [1.165, 1.54) is 0 Å². The van der Waals surface area contributed by atoms with Gasteiger partial charge in [-0.3, -0.25) is 0 Å². The Kier molecular flexibility index (Phi) is 6.28. The van der Waals surface area contributed by atoms with Crippen LogP contribution in [0.25, 0.3) is 5.69 Å². The van der Waals surface area contributed by atoms with Crippen molar-refractivity contribution >= 4 is 5.97 Å². The number of carboxylic acid groups (broad SMARTS) is 1. The molecular formula is C25H22N2O4. The highest BCUT2D eigenvalue weighted by Gasteiger charge is 2.20. The third-order valence-electron chi connectivity index (χ3n) is 4.85. The van der Waals surface area contributed by atoms with Crippen LogP contribution in [-0.2, 0) is 0 Å². The lowest BCUT2D eigenvalue weighted by molar-refractivity contribution is 0.0689. The molecule has 6 nitrogen and oxygen atoms in total. The molecule has 0 amide bonds. The molecule has 0 saturated carbocycles. The molecule has 0 aliphatic heterocycles. The summed E-state index contributed by atoms with van der Waals surface area (Å²) in [6.45, 7) is 0.371. The van der Waals surface area contributed by atoms with Gasteiger partial charge in [0.25, 0.3) is 0 Å². The van der Waals surface area contributed by atoms with Crippen molar-refractivity contribution in [2.24, 2.45) is 0 Å². The first-order valence-electron chi connectivity index (χ1n) is 9.96. The minimum Gasteiger partial charge on any atom is -0.493 e. The van der Waals surface area contributed by atoms with Crippen LogP contribution >= 0.6 is 0 Å². The zero-order chi connectivity index (χ0) is 21.5. The molecule has 3 aromatic carbocycles. The molecule has 1 unspecified atom stereocenters. The summed E-state index contributed by atoms with van der Waals surface area (Å²) in [5.74, 6) is 0.430. The largest absolute Gasteiger partial charge is 0.493 e. The minimum absolute atomic E-state index is 0.230. The molecule has 1 aromatic heterocycles. The second-order valence-electron chi connectivity index (χ2n) is 6.91. The van der Waals surface area contributed by atoms with Crippen molar-refractivity contribution in [3.8, 4) is 17.2 Å². The minimum atomic E-state index is -0.978. The van der Waals surface area contributed by atoms with E-state index in [0.717, 1.165) is 11.4 Å². The highest BCUT2D eigenvalue weighted by Crippen LogP contribution is 2.28. The average Bonchev–Trinajstić information content (AvgIpc) is 3.34. The van der Waals surface area contributed by atoms with Crippen molar-refractivity contribution in [3.63, 3.8) is 0 Å². The number of para-hydroxylation sites is 1. The topological polar surface area (TPSA) is 73.6 Å². The SMILES string of the molecule is O=C(O)c1ccccc1C(CCOc1ccc(-n2ccnc2)cc1)Oc1ccccc1. The van der Waals surface area contributed by atoms with Crippen LogP contribution in [0.4, 0.5) is 0 Å². The van der Waals surface area contributed by atoms with Gasteiger partial charge in [-0.15, -0.1) is 0 Å². The lowest BCUT2D eigenvalue weighted by atomic mass is 10.00. The Morgan fingerprint density at radius 3 is 2.39 bits per heavy atom. The number of carbonyl (C=O) groups is 1. The third kappa shape index (κ3) is 5.11. The van der Waals surface area contributed by atoms with Crippen molar-refractivity contribution in [3.05, 3.63) is 109 Å². The van der Waals surface area contributed by atoms with E-state index in [2.05, 4.69) is 4.98 Å². The number of rotatable bonds is 9. The zero-order valence-electron chi connectivity index (χ0n) is 16.8. The van der Waals surface area contributed by atoms with E-state index in [1.54, 1.807) is 30.7 Å². The Morgan fingerprint density at radius 1 is 0.935 bits per heavy atom. The summed E-state index contributed by atoms with van der Waals surface area (Å²) in [7, 11) is 0. The summed E-state index contributed by atoms with van der Waals surface area (Å²) in [5.41, 5.74) is 1.84. The van der Waals surface area contributed by atoms with Gasteiger partial charge in [-0.1, -0.05) is 36.4 Å². The fourth-order valence-electron chi connectivity index (χ4n) is 3.32. The van der Waals surface area contributed by atoms with Crippen molar-refractivity contribution in [1.82, 2.24) is 9.55 Å². The molecule has 0 saturated heterocycles. The number of aromatic carboxylic acids is 1. The molecule has 0 radical (unpaired) electrons. The standard InChI is InChI=1S/C25H22N2O4/c28-25(29)23-9-5-4-8-22(23)24(31-21-6-2-1-3-7-21)14-17-30-20-12-10-19(11-13-20)27-16-15-26-18-27/h1-13,15-16,18,24H,14,17H2,(H,28,29). The monoisotopic (exact) mass is 414 g/mol. The van der Waals surface area contributed by atoms with Gasteiger partial charge < -0.3 is 19.1 Å². The molecule has 1 N–H and O–H groups in total. The molecule has 156 valence electrons. The van der Waals surface area contributed by atoms with Crippen LogP contribution in [0.2, 0.25) is 0 Å². The van der Waals surface area contributed by atoms with Gasteiger partial charge in [0, 0.05) is 30.1 Å². The van der Waals surface area contributed by atoms with E-state index in [-0.39, 0.29) is 5.56 Å². The average molecular weight is 414 g/mol. The molecule has 1 heterocycles. The number of aromatic nitrogens is 2. The number of ether oxygens (including phenoxy) is 2. The summed E-state index contributed by atoms with van der Waals surface area (Å²) in [6, 6.07) is 24.0. The van der Waals surface area contributed by atoms with Gasteiger partial charge in [0.1, 0.15) is 17.6 Å². The van der Waals surface area contributed by atoms with E-state index in [9.17, 15) is 9.90 Å². The Bertz CT molecular complexity index is 1110. The van der Waals surface area contributed by atoms with Gasteiger partial charge >= 0.3 is 5.97 Å². The molecule has 1 atom stereocenters. The van der Waals surface area contributed by atoms with Gasteiger partial charge in [-0.2, -0.15) is 0 Å². The first-order chi connectivity index (χ1) is 15.2. The molecule has 4 rings (SSSR count). The smallest absolute Gasteiger partial charge is 0.336 e. The van der Waals surface area contributed by atoms with Gasteiger partial charge in [-0.05, 0) is 42.5 Å². The zero-order valence-corrected chi connectivity index (χ0v) is 16.8. The van der Waals surface area contributed by atoms with Crippen LogP contribution in [0, 0.1) is 0 Å². The molecule has 0 bridgehead atoms. The highest BCUT2D eigenvalue weighted by atomic mass is 16.5. The maximum atomic E-state index is 11.7. The summed E-state index contributed by atoms with van der Waals surface area (Å²) < 4.78 is 14.0. The molecule has 0 fully saturated rings. The van der Waals surface area contributed by atoms with E-state index in [4.69, 9.17) is 9.47 Å². The second kappa shape index (κ2) is 9.63. The molecule has 4 aromatic rings. The van der Waals surface area contributed by atoms with Crippen LogP contribution in [0.3, 0.4) is 0 Å². The van der Waals surface area contributed by atoms with Crippen LogP contribution in [-0.4, -0.2) is 27.2 Å². The molecule has 6 heteroatoms. The third-order valence-corrected chi connectivity index (χ3v) is 4.85. The fraction of sp³-hybridized carbons (Fsp3) is 0.120. The number of nitrogens with zero attached hydrogens (tertiary/aromatic N) is 2.